The Labute approximate surface area is 304 Å². The largest absolute Gasteiger partial charge is 0.468 e. The Bertz CT molecular complexity index is 2020. The molecule has 53 heavy (non-hydrogen) atoms. The topological polar surface area (TPSA) is 197 Å². The molecule has 2 saturated heterocycles. The van der Waals surface area contributed by atoms with Gasteiger partial charge < -0.3 is 25.4 Å². The molecule has 282 valence electrons. The van der Waals surface area contributed by atoms with Gasteiger partial charge in [-0.3, -0.25) is 19.1 Å². The highest BCUT2D eigenvalue weighted by Gasteiger charge is 2.64. The monoisotopic (exact) mass is 754 g/mol. The van der Waals surface area contributed by atoms with Crippen LogP contribution >= 0.6 is 0 Å². The van der Waals surface area contributed by atoms with Crippen molar-refractivity contribution in [2.45, 2.75) is 99.1 Å². The molecule has 1 aromatic heterocycles. The standard InChI is InChI=1S/C36H40F2N6O8S/c37-22-11-5-2-6-14-26(41-35(48)49)33(46)44-19-27(52-32-29(20-9-3-1-4-10-20)39-24-12-7-8-13-25(24)40-32)28(38)30(44)31(45)42-36(18-21(36)17-22)34(47)43-53(50,51)23-15-16-23/h1,3-4,7-10,12-13,21-23,26-28,30,41H,2,5-6,11,14-19H2,(H,42,45)(H,43,47)(H,48,49)/t21-,22?,26+,27-,28?,30-,36-/m1/s1. The number of sulfonamides is 1. The van der Waals surface area contributed by atoms with E-state index in [2.05, 4.69) is 15.6 Å². The lowest BCUT2D eigenvalue weighted by molar-refractivity contribution is -0.142. The molecule has 0 radical (unpaired) electrons. The second-order valence-electron chi connectivity index (χ2n) is 14.3. The second kappa shape index (κ2) is 14.5. The minimum Gasteiger partial charge on any atom is -0.468 e. The van der Waals surface area contributed by atoms with Crippen molar-refractivity contribution in [2.24, 2.45) is 5.92 Å². The zero-order valence-electron chi connectivity index (χ0n) is 28.6. The summed E-state index contributed by atoms with van der Waals surface area (Å²) in [5, 5.41) is 13.5. The van der Waals surface area contributed by atoms with Gasteiger partial charge in [0.05, 0.1) is 22.8 Å². The van der Waals surface area contributed by atoms with Crippen LogP contribution in [0.1, 0.15) is 57.8 Å². The number of para-hydroxylation sites is 2. The zero-order chi connectivity index (χ0) is 37.5. The third-order valence-corrected chi connectivity index (χ3v) is 12.3. The molecule has 4 fully saturated rings. The van der Waals surface area contributed by atoms with Crippen molar-refractivity contribution < 1.29 is 46.2 Å². The van der Waals surface area contributed by atoms with Crippen LogP contribution in [-0.2, 0) is 24.4 Å². The number of rotatable bonds is 7. The molecule has 4 amide bonds. The fourth-order valence-corrected chi connectivity index (χ4v) is 8.76. The summed E-state index contributed by atoms with van der Waals surface area (Å²) in [4.78, 5) is 64.0. The zero-order valence-corrected chi connectivity index (χ0v) is 29.4. The molecule has 7 rings (SSSR count). The fourth-order valence-electron chi connectivity index (χ4n) is 7.39. The number of ether oxygens (including phenoxy) is 1. The van der Waals surface area contributed by atoms with Crippen LogP contribution in [0, 0.1) is 5.92 Å². The molecule has 3 heterocycles. The summed E-state index contributed by atoms with van der Waals surface area (Å²) in [7, 11) is -4.07. The average Bonchev–Trinajstić information content (AvgIpc) is 4.05. The summed E-state index contributed by atoms with van der Waals surface area (Å²) in [5.41, 5.74) is -0.0293. The van der Waals surface area contributed by atoms with Gasteiger partial charge in [-0.2, -0.15) is 0 Å². The molecule has 17 heteroatoms. The van der Waals surface area contributed by atoms with E-state index in [1.54, 1.807) is 54.6 Å². The van der Waals surface area contributed by atoms with Crippen LogP contribution in [0.15, 0.2) is 54.6 Å². The normalized spacial score (nSPS) is 29.5. The number of carboxylic acid groups (broad SMARTS) is 1. The van der Waals surface area contributed by atoms with Crippen molar-refractivity contribution in [2.75, 3.05) is 6.54 Å². The van der Waals surface area contributed by atoms with Crippen LogP contribution in [0.5, 0.6) is 5.88 Å². The molecule has 2 saturated carbocycles. The van der Waals surface area contributed by atoms with Crippen LogP contribution < -0.4 is 20.1 Å². The molecule has 2 unspecified atom stereocenters. The van der Waals surface area contributed by atoms with E-state index < -0.39 is 87.6 Å². The summed E-state index contributed by atoms with van der Waals surface area (Å²) in [6.45, 7) is -0.510. The van der Waals surface area contributed by atoms with Gasteiger partial charge in [-0.15, -0.1) is 0 Å². The average molecular weight is 755 g/mol. The molecule has 14 nitrogen and oxygen atoms in total. The number of amides is 4. The number of aromatic nitrogens is 2. The van der Waals surface area contributed by atoms with Gasteiger partial charge in [-0.25, -0.2) is 32.0 Å². The number of nitrogens with zero attached hydrogens (tertiary/aromatic N) is 3. The van der Waals surface area contributed by atoms with E-state index in [1.807, 2.05) is 4.72 Å². The summed E-state index contributed by atoms with van der Waals surface area (Å²) in [6, 6.07) is 12.5. The second-order valence-corrected chi connectivity index (χ2v) is 16.2. The van der Waals surface area contributed by atoms with Gasteiger partial charge in [-0.05, 0) is 56.6 Å². The van der Waals surface area contributed by atoms with Gasteiger partial charge in [0.15, 0.2) is 12.3 Å². The number of hydrogen-bond donors (Lipinski definition) is 4. The molecule has 4 aliphatic rings. The van der Waals surface area contributed by atoms with E-state index in [1.165, 1.54) is 0 Å². The van der Waals surface area contributed by atoms with Crippen LogP contribution in [0.2, 0.25) is 0 Å². The van der Waals surface area contributed by atoms with Crippen LogP contribution in [0.4, 0.5) is 13.6 Å². The minimum absolute atomic E-state index is 0.00228. The number of hydrogen-bond acceptors (Lipinski definition) is 9. The molecular formula is C36H40F2N6O8S. The molecule has 0 bridgehead atoms. The Hall–Kier alpha value is -4.93. The maximum atomic E-state index is 16.9. The lowest BCUT2D eigenvalue weighted by Crippen LogP contribution is -2.60. The van der Waals surface area contributed by atoms with Gasteiger partial charge in [0.25, 0.3) is 5.91 Å². The van der Waals surface area contributed by atoms with Gasteiger partial charge >= 0.3 is 6.09 Å². The van der Waals surface area contributed by atoms with Crippen LogP contribution in [0.25, 0.3) is 22.3 Å². The smallest absolute Gasteiger partial charge is 0.405 e. The Balaban J connectivity index is 1.24. The van der Waals surface area contributed by atoms with Gasteiger partial charge in [0.1, 0.15) is 29.5 Å². The Morgan fingerprint density at radius 2 is 1.62 bits per heavy atom. The number of carbonyl (C=O) groups is 4. The van der Waals surface area contributed by atoms with E-state index in [4.69, 9.17) is 9.72 Å². The number of carbonyl (C=O) groups excluding carboxylic acids is 3. The number of nitrogens with one attached hydrogen (secondary N) is 3. The van der Waals surface area contributed by atoms with Crippen molar-refractivity contribution in [3.05, 3.63) is 54.6 Å². The first kappa shape index (κ1) is 36.4. The molecule has 0 spiro atoms. The van der Waals surface area contributed by atoms with Crippen molar-refractivity contribution >= 4 is 44.9 Å². The first-order valence-electron chi connectivity index (χ1n) is 17.8. The van der Waals surface area contributed by atoms with Gasteiger partial charge in [-0.1, -0.05) is 61.7 Å². The van der Waals surface area contributed by atoms with E-state index >= 15 is 8.78 Å². The van der Waals surface area contributed by atoms with Crippen LogP contribution in [-0.4, -0.2) is 100 Å². The Morgan fingerprint density at radius 1 is 0.943 bits per heavy atom. The van der Waals surface area contributed by atoms with Crippen molar-refractivity contribution in [1.82, 2.24) is 30.2 Å². The van der Waals surface area contributed by atoms with Gasteiger partial charge in [0, 0.05) is 5.56 Å². The van der Waals surface area contributed by atoms with E-state index in [0.717, 1.165) is 4.90 Å². The highest BCUT2D eigenvalue weighted by Crippen LogP contribution is 2.48. The first-order valence-corrected chi connectivity index (χ1v) is 19.4. The van der Waals surface area contributed by atoms with E-state index in [-0.39, 0.29) is 37.3 Å². The SMILES string of the molecule is O=C(O)N[C@H]1CCCCCC(F)C[C@@H]2C[C@@]2(C(=O)NS(=O)(=O)C2CC2)NC(=O)[C@H]2C(F)[C@H](Oc3nc4ccccc4nc3-c3ccccc3)CN2C1=O. The maximum Gasteiger partial charge on any atom is 0.405 e. The number of alkyl halides is 2. The maximum absolute atomic E-state index is 16.9. The lowest BCUT2D eigenvalue weighted by atomic mass is 10.0. The predicted octanol–water partition coefficient (Wildman–Crippen LogP) is 3.40. The molecule has 3 aromatic rings. The third-order valence-electron chi connectivity index (χ3n) is 10.5. The van der Waals surface area contributed by atoms with Crippen molar-refractivity contribution in [3.63, 3.8) is 0 Å². The molecule has 4 N–H and O–H groups in total. The van der Waals surface area contributed by atoms with Crippen molar-refractivity contribution in [1.29, 1.82) is 0 Å². The summed E-state index contributed by atoms with van der Waals surface area (Å²) < 4.78 is 65.9. The molecule has 2 aliphatic heterocycles. The molecule has 2 aliphatic carbocycles. The fraction of sp³-hybridized carbons (Fsp3) is 0.500. The number of halogens is 2. The quantitative estimate of drug-likeness (QED) is 0.278. The summed E-state index contributed by atoms with van der Waals surface area (Å²) in [6.07, 6.45) is -4.89. The molecule has 2 aromatic carbocycles. The minimum atomic E-state index is -4.07. The summed E-state index contributed by atoms with van der Waals surface area (Å²) in [5.74, 6) is -3.95. The van der Waals surface area contributed by atoms with E-state index in [9.17, 15) is 32.7 Å². The summed E-state index contributed by atoms with van der Waals surface area (Å²) >= 11 is 0. The Kier molecular flexibility index (Phi) is 9.95. The predicted molar refractivity (Wildman–Crippen MR) is 186 cm³/mol. The number of fused-ring (bicyclic) bond motifs is 3. The first-order chi connectivity index (χ1) is 25.4. The van der Waals surface area contributed by atoms with Gasteiger partial charge in [0.2, 0.25) is 27.7 Å². The van der Waals surface area contributed by atoms with Crippen LogP contribution in [0.3, 0.4) is 0 Å². The van der Waals surface area contributed by atoms with Crippen molar-refractivity contribution in [3.8, 4) is 17.1 Å². The highest BCUT2D eigenvalue weighted by molar-refractivity contribution is 7.91. The lowest BCUT2D eigenvalue weighted by Gasteiger charge is -2.29. The Morgan fingerprint density at radius 3 is 2.32 bits per heavy atom. The molecular weight excluding hydrogens is 714 g/mol. The van der Waals surface area contributed by atoms with E-state index in [0.29, 0.717) is 48.7 Å². The molecule has 7 atom stereocenters. The number of benzene rings is 2. The third kappa shape index (κ3) is 7.61. The highest BCUT2D eigenvalue weighted by atomic mass is 32.2.